The summed E-state index contributed by atoms with van der Waals surface area (Å²) in [4.78, 5) is 35.7. The van der Waals surface area contributed by atoms with Crippen LogP contribution in [0.2, 0.25) is 0 Å². The third-order valence-electron chi connectivity index (χ3n) is 8.14. The molecule has 2 heterocycles. The molecule has 0 spiro atoms. The molecule has 0 bridgehead atoms. The molecule has 3 aromatic rings. The summed E-state index contributed by atoms with van der Waals surface area (Å²) in [6.07, 6.45) is 4.47. The zero-order valence-corrected chi connectivity index (χ0v) is 22.9. The number of aliphatic imine (C=N–C) groups is 1. The van der Waals surface area contributed by atoms with Gasteiger partial charge in [-0.3, -0.25) is 9.79 Å². The quantitative estimate of drug-likeness (QED) is 0.150. The number of hydrogen-bond donors (Lipinski definition) is 5. The fraction of sp³-hybridized carbons (Fsp3) is 0.433. The lowest BCUT2D eigenvalue weighted by Crippen LogP contribution is -2.52. The molecule has 4 atom stereocenters. The lowest BCUT2D eigenvalue weighted by atomic mass is 9.72. The van der Waals surface area contributed by atoms with Crippen molar-refractivity contribution < 1.29 is 14.3 Å². The average Bonchev–Trinajstić information content (AvgIpc) is 3.37. The number of H-pyrrole nitrogens is 1. The van der Waals surface area contributed by atoms with Crippen molar-refractivity contribution in [3.05, 3.63) is 71.4 Å². The highest BCUT2D eigenvalue weighted by atomic mass is 16.5. The van der Waals surface area contributed by atoms with Gasteiger partial charge in [0.25, 0.3) is 0 Å². The van der Waals surface area contributed by atoms with E-state index in [2.05, 4.69) is 57.0 Å². The fourth-order valence-corrected chi connectivity index (χ4v) is 6.25. The Labute approximate surface area is 234 Å². The number of nitrogens with zero attached hydrogens (tertiary/aromatic N) is 2. The van der Waals surface area contributed by atoms with Crippen LogP contribution in [0.5, 0.6) is 0 Å². The number of nitrogens with two attached hydrogens (primary N) is 2. The first kappa shape index (κ1) is 27.5. The van der Waals surface area contributed by atoms with E-state index in [4.69, 9.17) is 16.2 Å². The van der Waals surface area contributed by atoms with Crippen LogP contribution in [0.25, 0.3) is 10.9 Å². The number of amides is 2. The summed E-state index contributed by atoms with van der Waals surface area (Å²) >= 11 is 0. The molecule has 212 valence electrons. The Morgan fingerprint density at radius 2 is 2.00 bits per heavy atom. The van der Waals surface area contributed by atoms with Crippen LogP contribution < -0.4 is 22.1 Å². The molecule has 10 nitrogen and oxygen atoms in total. The Hall–Kier alpha value is -4.05. The van der Waals surface area contributed by atoms with E-state index < -0.39 is 12.1 Å². The number of carbonyl (C=O) groups excluding carboxylic acids is 2. The van der Waals surface area contributed by atoms with Crippen molar-refractivity contribution in [1.82, 2.24) is 20.5 Å². The topological polar surface area (TPSA) is 151 Å². The highest BCUT2D eigenvalue weighted by Gasteiger charge is 2.39. The maximum Gasteiger partial charge on any atom is 0.408 e. The molecule has 0 saturated carbocycles. The Morgan fingerprint density at radius 1 is 1.18 bits per heavy atom. The third-order valence-corrected chi connectivity index (χ3v) is 8.14. The molecule has 5 rings (SSSR count). The number of benzene rings is 2. The van der Waals surface area contributed by atoms with Crippen LogP contribution >= 0.6 is 0 Å². The number of rotatable bonds is 10. The van der Waals surface area contributed by atoms with Gasteiger partial charge in [-0.2, -0.15) is 0 Å². The second kappa shape index (κ2) is 12.4. The molecule has 40 heavy (non-hydrogen) atoms. The number of hydrogen-bond acceptors (Lipinski definition) is 5. The van der Waals surface area contributed by atoms with Crippen molar-refractivity contribution in [2.45, 2.75) is 50.3 Å². The highest BCUT2D eigenvalue weighted by Crippen LogP contribution is 2.44. The first-order chi connectivity index (χ1) is 19.4. The van der Waals surface area contributed by atoms with E-state index >= 15 is 0 Å². The maximum absolute atomic E-state index is 13.3. The summed E-state index contributed by atoms with van der Waals surface area (Å²) in [7, 11) is 2.18. The van der Waals surface area contributed by atoms with Gasteiger partial charge in [0.1, 0.15) is 12.6 Å². The number of aromatic amines is 1. The molecule has 1 aliphatic carbocycles. The number of nitrogens with one attached hydrogen (secondary N) is 3. The van der Waals surface area contributed by atoms with Crippen LogP contribution in [0.1, 0.15) is 41.9 Å². The number of likely N-dealkylation sites (tertiary alicyclic amines) is 1. The first-order valence-corrected chi connectivity index (χ1v) is 14.0. The molecule has 7 N–H and O–H groups in total. The zero-order valence-electron chi connectivity index (χ0n) is 22.9. The van der Waals surface area contributed by atoms with Crippen LogP contribution in [0.4, 0.5) is 4.79 Å². The van der Waals surface area contributed by atoms with Gasteiger partial charge in [-0.25, -0.2) is 4.79 Å². The van der Waals surface area contributed by atoms with Gasteiger partial charge in [0.15, 0.2) is 5.96 Å². The zero-order chi connectivity index (χ0) is 28.1. The SMILES string of the molecule is CN1C[C@H](CNC(=O)[C@H](CCCN=C(N)N)NC(=O)OCc2ccccc2)C[C@@H]2c3cccc4[nH]cc(c34)C[C@H]21. The van der Waals surface area contributed by atoms with Gasteiger partial charge >= 0.3 is 6.09 Å². The number of carbonyl (C=O) groups is 2. The van der Waals surface area contributed by atoms with Gasteiger partial charge in [0.05, 0.1) is 0 Å². The summed E-state index contributed by atoms with van der Waals surface area (Å²) in [6, 6.07) is 15.6. The van der Waals surface area contributed by atoms with E-state index in [1.54, 1.807) is 0 Å². The summed E-state index contributed by atoms with van der Waals surface area (Å²) in [5.74, 6) is 0.471. The Bertz CT molecular complexity index is 1350. The van der Waals surface area contributed by atoms with Crippen LogP contribution in [0, 0.1) is 5.92 Å². The smallest absolute Gasteiger partial charge is 0.408 e. The lowest BCUT2D eigenvalue weighted by molar-refractivity contribution is -0.123. The first-order valence-electron chi connectivity index (χ1n) is 14.0. The molecule has 1 aliphatic heterocycles. The molecular weight excluding hydrogens is 506 g/mol. The normalized spacial score (nSPS) is 20.8. The van der Waals surface area contributed by atoms with E-state index in [9.17, 15) is 9.59 Å². The van der Waals surface area contributed by atoms with E-state index in [1.165, 1.54) is 22.0 Å². The van der Waals surface area contributed by atoms with Gasteiger partial charge in [-0.05, 0) is 61.4 Å². The summed E-state index contributed by atoms with van der Waals surface area (Å²) < 4.78 is 5.36. The standard InChI is InChI=1S/C30H39N7O3/c1-37-17-20(13-23-22-9-5-10-24-27(22)21(16-34-24)14-26(23)37)15-35-28(38)25(11-6-12-33-29(31)32)36-30(39)40-18-19-7-3-2-4-8-19/h2-5,7-10,16,20,23,25-26,34H,6,11-15,17-18H2,1H3,(H,35,38)(H,36,39)(H4,31,32,33)/t20-,23+,25-,26+/m0/s1. The minimum atomic E-state index is -0.752. The average molecular weight is 546 g/mol. The van der Waals surface area contributed by atoms with E-state index in [0.29, 0.717) is 43.8 Å². The van der Waals surface area contributed by atoms with Crippen molar-refractivity contribution in [3.63, 3.8) is 0 Å². The second-order valence-corrected chi connectivity index (χ2v) is 11.0. The van der Waals surface area contributed by atoms with Gasteiger partial charge < -0.3 is 36.7 Å². The molecule has 2 aliphatic rings. The van der Waals surface area contributed by atoms with Crippen LogP contribution in [-0.4, -0.2) is 66.6 Å². The molecule has 10 heteroatoms. The predicted molar refractivity (Wildman–Crippen MR) is 156 cm³/mol. The van der Waals surface area contributed by atoms with E-state index in [-0.39, 0.29) is 18.5 Å². The molecule has 2 aromatic carbocycles. The highest BCUT2D eigenvalue weighted by molar-refractivity contribution is 5.88. The largest absolute Gasteiger partial charge is 0.445 e. The number of fused-ring (bicyclic) bond motifs is 2. The van der Waals surface area contributed by atoms with E-state index in [0.717, 1.165) is 24.9 Å². The lowest BCUT2D eigenvalue weighted by Gasteiger charge is -2.45. The van der Waals surface area contributed by atoms with Crippen LogP contribution in [-0.2, 0) is 22.6 Å². The maximum atomic E-state index is 13.3. The number of aromatic nitrogens is 1. The van der Waals surface area contributed by atoms with Crippen molar-refractivity contribution >= 4 is 28.9 Å². The Morgan fingerprint density at radius 3 is 2.80 bits per heavy atom. The van der Waals surface area contributed by atoms with Gasteiger partial charge in [-0.1, -0.05) is 42.5 Å². The van der Waals surface area contributed by atoms with E-state index in [1.807, 2.05) is 30.3 Å². The molecule has 2 amide bonds. The summed E-state index contributed by atoms with van der Waals surface area (Å²) in [6.45, 7) is 1.93. The minimum Gasteiger partial charge on any atom is -0.445 e. The number of alkyl carbamates (subject to hydrolysis) is 1. The van der Waals surface area contributed by atoms with Crippen molar-refractivity contribution in [3.8, 4) is 0 Å². The molecule has 1 fully saturated rings. The number of likely N-dealkylation sites (N-methyl/N-ethyl adjacent to an activating group) is 1. The van der Waals surface area contributed by atoms with Crippen molar-refractivity contribution in [2.24, 2.45) is 22.4 Å². The summed E-state index contributed by atoms with van der Waals surface area (Å²) in [5.41, 5.74) is 15.7. The van der Waals surface area contributed by atoms with Gasteiger partial charge in [-0.15, -0.1) is 0 Å². The van der Waals surface area contributed by atoms with Crippen LogP contribution in [0.3, 0.4) is 0 Å². The van der Waals surface area contributed by atoms with Crippen molar-refractivity contribution in [1.29, 1.82) is 0 Å². The van der Waals surface area contributed by atoms with Gasteiger partial charge in [0.2, 0.25) is 5.91 Å². The summed E-state index contributed by atoms with van der Waals surface area (Å²) in [5, 5.41) is 7.21. The number of piperidine rings is 1. The minimum absolute atomic E-state index is 0.00104. The Kier molecular flexibility index (Phi) is 8.54. The number of guanidine groups is 1. The van der Waals surface area contributed by atoms with Crippen molar-refractivity contribution in [2.75, 3.05) is 26.7 Å². The Balaban J connectivity index is 1.20. The number of ether oxygens (including phenoxy) is 1. The molecular formula is C30H39N7O3. The fourth-order valence-electron chi connectivity index (χ4n) is 6.25. The van der Waals surface area contributed by atoms with Crippen LogP contribution in [0.15, 0.2) is 59.7 Å². The molecule has 0 unspecified atom stereocenters. The predicted octanol–water partition coefficient (Wildman–Crippen LogP) is 2.59. The van der Waals surface area contributed by atoms with Gasteiger partial charge in [0, 0.05) is 48.7 Å². The molecule has 1 saturated heterocycles. The molecule has 1 aromatic heterocycles. The third kappa shape index (κ3) is 6.39. The second-order valence-electron chi connectivity index (χ2n) is 11.0. The molecule has 0 radical (unpaired) electrons. The monoisotopic (exact) mass is 545 g/mol.